The fourth-order valence-electron chi connectivity index (χ4n) is 2.49. The van der Waals surface area contributed by atoms with E-state index >= 15 is 0 Å². The highest BCUT2D eigenvalue weighted by atomic mass is 79.9. The number of aromatic nitrogens is 1. The largest absolute Gasteiger partial charge is 0.356 e. The van der Waals surface area contributed by atoms with E-state index < -0.39 is 0 Å². The van der Waals surface area contributed by atoms with Gasteiger partial charge in [0, 0.05) is 24.6 Å². The van der Waals surface area contributed by atoms with E-state index in [9.17, 15) is 0 Å². The Bertz CT molecular complexity index is 392. The Kier molecular flexibility index (Phi) is 4.08. The lowest BCUT2D eigenvalue weighted by Crippen LogP contribution is -2.39. The van der Waals surface area contributed by atoms with Gasteiger partial charge in [-0.05, 0) is 36.3 Å². The van der Waals surface area contributed by atoms with Crippen molar-refractivity contribution in [3.8, 4) is 0 Å². The number of nitrogens with zero attached hydrogens (tertiary/aromatic N) is 2. The molecule has 0 N–H and O–H groups in total. The molecular weight excluding hydrogens is 276 g/mol. The standard InChI is InChI=1S/C14H21BrN2/c1-10-4-5-17(9-12(10)3)14-11(2)6-13(7-15)8-16-14/h6,8,10,12H,4-5,7,9H2,1-3H3. The third-order valence-electron chi connectivity index (χ3n) is 3.90. The number of pyridine rings is 1. The molecule has 2 heterocycles. The lowest BCUT2D eigenvalue weighted by molar-refractivity contribution is 0.322. The fourth-order valence-corrected chi connectivity index (χ4v) is 2.79. The van der Waals surface area contributed by atoms with Crippen LogP contribution in [0.3, 0.4) is 0 Å². The van der Waals surface area contributed by atoms with E-state index in [4.69, 9.17) is 0 Å². The maximum Gasteiger partial charge on any atom is 0.131 e. The third-order valence-corrected chi connectivity index (χ3v) is 4.54. The molecule has 2 rings (SSSR count). The summed E-state index contributed by atoms with van der Waals surface area (Å²) in [6.45, 7) is 9.15. The molecule has 1 aromatic rings. The first-order valence-corrected chi connectivity index (χ1v) is 7.50. The predicted octanol–water partition coefficient (Wildman–Crippen LogP) is 3.77. The van der Waals surface area contributed by atoms with E-state index in [0.29, 0.717) is 0 Å². The Labute approximate surface area is 113 Å². The molecule has 0 radical (unpaired) electrons. The van der Waals surface area contributed by atoms with Gasteiger partial charge in [0.2, 0.25) is 0 Å². The molecule has 1 aliphatic rings. The minimum absolute atomic E-state index is 0.765. The van der Waals surface area contributed by atoms with Gasteiger partial charge in [-0.3, -0.25) is 0 Å². The van der Waals surface area contributed by atoms with Crippen LogP contribution >= 0.6 is 15.9 Å². The normalized spacial score (nSPS) is 25.1. The first kappa shape index (κ1) is 12.9. The van der Waals surface area contributed by atoms with Gasteiger partial charge in [0.05, 0.1) is 0 Å². The minimum atomic E-state index is 0.765. The van der Waals surface area contributed by atoms with Crippen molar-refractivity contribution in [2.24, 2.45) is 11.8 Å². The lowest BCUT2D eigenvalue weighted by Gasteiger charge is -2.36. The molecule has 17 heavy (non-hydrogen) atoms. The molecule has 1 saturated heterocycles. The molecule has 3 heteroatoms. The molecule has 0 aromatic carbocycles. The van der Waals surface area contributed by atoms with Crippen molar-refractivity contribution >= 4 is 21.7 Å². The zero-order valence-electron chi connectivity index (χ0n) is 10.9. The van der Waals surface area contributed by atoms with Gasteiger partial charge >= 0.3 is 0 Å². The molecule has 1 aromatic heterocycles. The van der Waals surface area contributed by atoms with Gasteiger partial charge in [-0.25, -0.2) is 4.98 Å². The summed E-state index contributed by atoms with van der Waals surface area (Å²) in [4.78, 5) is 7.07. The predicted molar refractivity (Wildman–Crippen MR) is 76.8 cm³/mol. The number of anilines is 1. The van der Waals surface area contributed by atoms with Crippen molar-refractivity contribution in [2.45, 2.75) is 32.5 Å². The summed E-state index contributed by atoms with van der Waals surface area (Å²) >= 11 is 3.48. The molecule has 94 valence electrons. The fraction of sp³-hybridized carbons (Fsp3) is 0.643. The van der Waals surface area contributed by atoms with Crippen LogP contribution < -0.4 is 4.90 Å². The molecule has 0 bridgehead atoms. The highest BCUT2D eigenvalue weighted by molar-refractivity contribution is 9.08. The molecule has 0 amide bonds. The monoisotopic (exact) mass is 296 g/mol. The average molecular weight is 297 g/mol. The number of piperidine rings is 1. The maximum atomic E-state index is 4.63. The van der Waals surface area contributed by atoms with Crippen LogP contribution in [-0.4, -0.2) is 18.1 Å². The number of aryl methyl sites for hydroxylation is 1. The quantitative estimate of drug-likeness (QED) is 0.773. The second kappa shape index (κ2) is 5.38. The van der Waals surface area contributed by atoms with Crippen LogP contribution in [-0.2, 0) is 5.33 Å². The van der Waals surface area contributed by atoms with Crippen LogP contribution in [0.2, 0.25) is 0 Å². The van der Waals surface area contributed by atoms with Crippen molar-refractivity contribution in [3.05, 3.63) is 23.4 Å². The molecule has 0 saturated carbocycles. The Morgan fingerprint density at radius 3 is 2.76 bits per heavy atom. The van der Waals surface area contributed by atoms with E-state index in [1.54, 1.807) is 0 Å². The van der Waals surface area contributed by atoms with Gasteiger partial charge in [0.1, 0.15) is 5.82 Å². The molecule has 0 spiro atoms. The van der Waals surface area contributed by atoms with Crippen molar-refractivity contribution in [1.29, 1.82) is 0 Å². The first-order valence-electron chi connectivity index (χ1n) is 6.38. The van der Waals surface area contributed by atoms with Gasteiger partial charge in [-0.15, -0.1) is 0 Å². The Morgan fingerprint density at radius 2 is 2.18 bits per heavy atom. The molecule has 2 unspecified atom stereocenters. The van der Waals surface area contributed by atoms with Crippen LogP contribution in [0.15, 0.2) is 12.3 Å². The summed E-state index contributed by atoms with van der Waals surface area (Å²) in [5.41, 5.74) is 2.55. The van der Waals surface area contributed by atoms with E-state index in [0.717, 1.165) is 30.3 Å². The smallest absolute Gasteiger partial charge is 0.131 e. The van der Waals surface area contributed by atoms with E-state index in [-0.39, 0.29) is 0 Å². The summed E-state index contributed by atoms with van der Waals surface area (Å²) in [6, 6.07) is 2.24. The molecule has 0 aliphatic carbocycles. The minimum Gasteiger partial charge on any atom is -0.356 e. The third kappa shape index (κ3) is 2.82. The van der Waals surface area contributed by atoms with Gasteiger partial charge in [0.15, 0.2) is 0 Å². The van der Waals surface area contributed by atoms with E-state index in [1.165, 1.54) is 23.4 Å². The Balaban J connectivity index is 2.17. The molecular formula is C14H21BrN2. The van der Waals surface area contributed by atoms with Crippen LogP contribution in [0.25, 0.3) is 0 Å². The number of hydrogen-bond donors (Lipinski definition) is 0. The number of hydrogen-bond acceptors (Lipinski definition) is 2. The van der Waals surface area contributed by atoms with Crippen molar-refractivity contribution < 1.29 is 0 Å². The molecule has 2 nitrogen and oxygen atoms in total. The van der Waals surface area contributed by atoms with Crippen molar-refractivity contribution in [3.63, 3.8) is 0 Å². The maximum absolute atomic E-state index is 4.63. The summed E-state index contributed by atoms with van der Waals surface area (Å²) in [5, 5.41) is 0.883. The lowest BCUT2D eigenvalue weighted by atomic mass is 9.88. The van der Waals surface area contributed by atoms with Gasteiger partial charge < -0.3 is 4.90 Å². The van der Waals surface area contributed by atoms with Crippen LogP contribution in [0.5, 0.6) is 0 Å². The van der Waals surface area contributed by atoms with Crippen molar-refractivity contribution in [2.75, 3.05) is 18.0 Å². The molecule has 2 atom stereocenters. The van der Waals surface area contributed by atoms with Crippen molar-refractivity contribution in [1.82, 2.24) is 4.98 Å². The summed E-state index contributed by atoms with van der Waals surface area (Å²) in [5.74, 6) is 2.78. The summed E-state index contributed by atoms with van der Waals surface area (Å²) < 4.78 is 0. The SMILES string of the molecule is Cc1cc(CBr)cnc1N1CCC(C)C(C)C1. The highest BCUT2D eigenvalue weighted by Crippen LogP contribution is 2.28. The summed E-state index contributed by atoms with van der Waals surface area (Å²) in [7, 11) is 0. The molecule has 1 fully saturated rings. The van der Waals surface area contributed by atoms with E-state index in [2.05, 4.69) is 52.7 Å². The van der Waals surface area contributed by atoms with Crippen LogP contribution in [0, 0.1) is 18.8 Å². The molecule has 1 aliphatic heterocycles. The second-order valence-electron chi connectivity index (χ2n) is 5.31. The number of halogens is 1. The average Bonchev–Trinajstić information content (AvgIpc) is 2.32. The highest BCUT2D eigenvalue weighted by Gasteiger charge is 2.24. The van der Waals surface area contributed by atoms with Gasteiger partial charge in [-0.1, -0.05) is 35.8 Å². The van der Waals surface area contributed by atoms with Gasteiger partial charge in [0.25, 0.3) is 0 Å². The Hall–Kier alpha value is -0.570. The van der Waals surface area contributed by atoms with Crippen LogP contribution in [0.1, 0.15) is 31.4 Å². The van der Waals surface area contributed by atoms with Crippen LogP contribution in [0.4, 0.5) is 5.82 Å². The second-order valence-corrected chi connectivity index (χ2v) is 5.87. The number of rotatable bonds is 2. The Morgan fingerprint density at radius 1 is 1.41 bits per heavy atom. The zero-order chi connectivity index (χ0) is 12.4. The topological polar surface area (TPSA) is 16.1 Å². The zero-order valence-corrected chi connectivity index (χ0v) is 12.5. The van der Waals surface area contributed by atoms with Gasteiger partial charge in [-0.2, -0.15) is 0 Å². The summed E-state index contributed by atoms with van der Waals surface area (Å²) in [6.07, 6.45) is 3.27. The van der Waals surface area contributed by atoms with E-state index in [1.807, 2.05) is 6.20 Å². The first-order chi connectivity index (χ1) is 8.11. The number of alkyl halides is 1.